The third-order valence-electron chi connectivity index (χ3n) is 4.51. The molecule has 0 radical (unpaired) electrons. The summed E-state index contributed by atoms with van der Waals surface area (Å²) in [6.45, 7) is 2.78. The molecule has 1 aromatic heterocycles. The predicted molar refractivity (Wildman–Crippen MR) is 108 cm³/mol. The zero-order valence-electron chi connectivity index (χ0n) is 14.7. The van der Waals surface area contributed by atoms with Gasteiger partial charge in [0.2, 0.25) is 0 Å². The topological polar surface area (TPSA) is 4.93 Å². The number of rotatable bonds is 5. The SMILES string of the molecule is Cc1ccc(CSc2cn(Cc3cccc(F)c3)c3ccccc23)cc1. The number of halogens is 1. The summed E-state index contributed by atoms with van der Waals surface area (Å²) in [5.41, 5.74) is 4.76. The monoisotopic (exact) mass is 361 g/mol. The van der Waals surface area contributed by atoms with E-state index in [1.807, 2.05) is 17.8 Å². The van der Waals surface area contributed by atoms with Crippen molar-refractivity contribution in [1.82, 2.24) is 4.57 Å². The van der Waals surface area contributed by atoms with Crippen LogP contribution >= 0.6 is 11.8 Å². The van der Waals surface area contributed by atoms with Crippen molar-refractivity contribution in [3.05, 3.63) is 102 Å². The van der Waals surface area contributed by atoms with Crippen LogP contribution in [0, 0.1) is 12.7 Å². The summed E-state index contributed by atoms with van der Waals surface area (Å²) >= 11 is 1.85. The van der Waals surface area contributed by atoms with Gasteiger partial charge in [-0.3, -0.25) is 0 Å². The van der Waals surface area contributed by atoms with E-state index in [2.05, 4.69) is 66.2 Å². The van der Waals surface area contributed by atoms with E-state index in [1.165, 1.54) is 33.0 Å². The van der Waals surface area contributed by atoms with Crippen LogP contribution in [0.5, 0.6) is 0 Å². The van der Waals surface area contributed by atoms with Crippen molar-refractivity contribution in [3.63, 3.8) is 0 Å². The number of hydrogen-bond acceptors (Lipinski definition) is 1. The second-order valence-corrected chi connectivity index (χ2v) is 7.56. The quantitative estimate of drug-likeness (QED) is 0.371. The average Bonchev–Trinajstić information content (AvgIpc) is 2.99. The Bertz CT molecular complexity index is 1030. The Morgan fingerprint density at radius 1 is 0.885 bits per heavy atom. The van der Waals surface area contributed by atoms with Crippen LogP contribution in [0.25, 0.3) is 10.9 Å². The average molecular weight is 361 g/mol. The minimum Gasteiger partial charge on any atom is -0.342 e. The first kappa shape index (κ1) is 16.9. The van der Waals surface area contributed by atoms with E-state index < -0.39 is 0 Å². The summed E-state index contributed by atoms with van der Waals surface area (Å²) in [5, 5.41) is 1.25. The van der Waals surface area contributed by atoms with E-state index >= 15 is 0 Å². The predicted octanol–water partition coefficient (Wildman–Crippen LogP) is 6.43. The molecule has 0 aliphatic rings. The Balaban J connectivity index is 1.62. The number of hydrogen-bond donors (Lipinski definition) is 0. The first-order chi connectivity index (χ1) is 12.7. The molecule has 0 unspecified atom stereocenters. The van der Waals surface area contributed by atoms with E-state index in [9.17, 15) is 4.39 Å². The van der Waals surface area contributed by atoms with Crippen molar-refractivity contribution >= 4 is 22.7 Å². The fourth-order valence-electron chi connectivity index (χ4n) is 3.14. The summed E-state index contributed by atoms with van der Waals surface area (Å²) < 4.78 is 15.7. The van der Waals surface area contributed by atoms with Gasteiger partial charge in [0.15, 0.2) is 0 Å². The summed E-state index contributed by atoms with van der Waals surface area (Å²) in [6.07, 6.45) is 2.19. The molecule has 0 saturated carbocycles. The highest BCUT2D eigenvalue weighted by molar-refractivity contribution is 7.98. The molecule has 26 heavy (non-hydrogen) atoms. The smallest absolute Gasteiger partial charge is 0.123 e. The number of aromatic nitrogens is 1. The first-order valence-electron chi connectivity index (χ1n) is 8.70. The Kier molecular flexibility index (Phi) is 4.81. The van der Waals surface area contributed by atoms with Gasteiger partial charge in [-0.2, -0.15) is 0 Å². The number of nitrogens with zero attached hydrogens (tertiary/aromatic N) is 1. The molecule has 4 aromatic rings. The van der Waals surface area contributed by atoms with Crippen molar-refractivity contribution in [1.29, 1.82) is 0 Å². The van der Waals surface area contributed by atoms with Crippen LogP contribution in [0.3, 0.4) is 0 Å². The standard InChI is InChI=1S/C23H20FNS/c1-17-9-11-18(12-10-17)16-26-23-15-25(22-8-3-2-7-21(22)23)14-19-5-4-6-20(24)13-19/h2-13,15H,14,16H2,1H3. The van der Waals surface area contributed by atoms with E-state index in [1.54, 1.807) is 12.1 Å². The lowest BCUT2D eigenvalue weighted by molar-refractivity contribution is 0.624. The van der Waals surface area contributed by atoms with Gasteiger partial charge in [0.1, 0.15) is 5.82 Å². The van der Waals surface area contributed by atoms with Gasteiger partial charge in [-0.15, -0.1) is 11.8 Å². The highest BCUT2D eigenvalue weighted by Crippen LogP contribution is 2.32. The molecule has 0 aliphatic heterocycles. The maximum Gasteiger partial charge on any atom is 0.123 e. The minimum atomic E-state index is -0.187. The van der Waals surface area contributed by atoms with Crippen LogP contribution in [0.2, 0.25) is 0 Å². The minimum absolute atomic E-state index is 0.187. The van der Waals surface area contributed by atoms with Crippen LogP contribution < -0.4 is 0 Å². The molecule has 4 rings (SSSR count). The van der Waals surface area contributed by atoms with Gasteiger partial charge in [0.25, 0.3) is 0 Å². The number of aryl methyl sites for hydroxylation is 1. The lowest BCUT2D eigenvalue weighted by Crippen LogP contribution is -1.98. The van der Waals surface area contributed by atoms with Gasteiger partial charge in [-0.05, 0) is 36.2 Å². The Hall–Kier alpha value is -2.52. The summed E-state index contributed by atoms with van der Waals surface area (Å²) in [4.78, 5) is 1.26. The van der Waals surface area contributed by atoms with E-state index in [4.69, 9.17) is 0 Å². The van der Waals surface area contributed by atoms with Crippen LogP contribution in [-0.2, 0) is 12.3 Å². The molecule has 0 saturated heterocycles. The van der Waals surface area contributed by atoms with E-state index in [-0.39, 0.29) is 5.82 Å². The lowest BCUT2D eigenvalue weighted by Gasteiger charge is -2.05. The third kappa shape index (κ3) is 3.68. The zero-order chi connectivity index (χ0) is 17.9. The maximum atomic E-state index is 13.5. The molecule has 1 heterocycles. The zero-order valence-corrected chi connectivity index (χ0v) is 15.5. The van der Waals surface area contributed by atoms with Crippen molar-refractivity contribution in [2.24, 2.45) is 0 Å². The number of benzene rings is 3. The fourth-order valence-corrected chi connectivity index (χ4v) is 4.18. The molecule has 0 amide bonds. The molecule has 1 nitrogen and oxygen atoms in total. The number of fused-ring (bicyclic) bond motifs is 1. The van der Waals surface area contributed by atoms with Gasteiger partial charge in [-0.25, -0.2) is 4.39 Å². The van der Waals surface area contributed by atoms with Gasteiger partial charge < -0.3 is 4.57 Å². The van der Waals surface area contributed by atoms with E-state index in [0.29, 0.717) is 6.54 Å². The van der Waals surface area contributed by atoms with Gasteiger partial charge in [-0.1, -0.05) is 60.2 Å². The second-order valence-electron chi connectivity index (χ2n) is 6.54. The molecule has 0 N–H and O–H groups in total. The highest BCUT2D eigenvalue weighted by atomic mass is 32.2. The van der Waals surface area contributed by atoms with Crippen molar-refractivity contribution in [2.75, 3.05) is 0 Å². The van der Waals surface area contributed by atoms with Crippen molar-refractivity contribution in [2.45, 2.75) is 24.1 Å². The van der Waals surface area contributed by atoms with Gasteiger partial charge >= 0.3 is 0 Å². The largest absolute Gasteiger partial charge is 0.342 e. The highest BCUT2D eigenvalue weighted by Gasteiger charge is 2.09. The lowest BCUT2D eigenvalue weighted by atomic mass is 10.2. The third-order valence-corrected chi connectivity index (χ3v) is 5.62. The van der Waals surface area contributed by atoms with Crippen LogP contribution in [0.1, 0.15) is 16.7 Å². The molecular weight excluding hydrogens is 341 g/mol. The van der Waals surface area contributed by atoms with Gasteiger partial charge in [0, 0.05) is 34.3 Å². The Labute approximate surface area is 157 Å². The summed E-state index contributed by atoms with van der Waals surface area (Å²) in [6, 6.07) is 23.9. The molecule has 0 spiro atoms. The van der Waals surface area contributed by atoms with Crippen molar-refractivity contribution in [3.8, 4) is 0 Å². The van der Waals surface area contributed by atoms with Crippen LogP contribution in [-0.4, -0.2) is 4.57 Å². The van der Waals surface area contributed by atoms with Crippen LogP contribution in [0.4, 0.5) is 4.39 Å². The second kappa shape index (κ2) is 7.38. The van der Waals surface area contributed by atoms with Crippen molar-refractivity contribution < 1.29 is 4.39 Å². The number of thioether (sulfide) groups is 1. The van der Waals surface area contributed by atoms with Gasteiger partial charge in [0.05, 0.1) is 0 Å². The van der Waals surface area contributed by atoms with Crippen LogP contribution in [0.15, 0.2) is 83.9 Å². The number of para-hydroxylation sites is 1. The molecule has 3 heteroatoms. The summed E-state index contributed by atoms with van der Waals surface area (Å²) in [7, 11) is 0. The molecule has 0 atom stereocenters. The van der Waals surface area contributed by atoms with E-state index in [0.717, 1.165) is 11.3 Å². The molecule has 0 aliphatic carbocycles. The Morgan fingerprint density at radius 2 is 1.69 bits per heavy atom. The fraction of sp³-hybridized carbons (Fsp3) is 0.130. The Morgan fingerprint density at radius 3 is 2.50 bits per heavy atom. The molecule has 130 valence electrons. The maximum absolute atomic E-state index is 13.5. The molecular formula is C23H20FNS. The summed E-state index contributed by atoms with van der Waals surface area (Å²) in [5.74, 6) is 0.752. The first-order valence-corrected chi connectivity index (χ1v) is 9.68. The molecule has 0 fully saturated rings. The normalized spacial score (nSPS) is 11.2. The molecule has 3 aromatic carbocycles. The molecule has 0 bridgehead atoms.